The molecule has 1 N–H and O–H groups in total. The molecule has 0 bridgehead atoms. The van der Waals surface area contributed by atoms with Crippen LogP contribution in [0.4, 0.5) is 0 Å². The molecule has 0 saturated carbocycles. The van der Waals surface area contributed by atoms with Gasteiger partial charge in [0.2, 0.25) is 5.91 Å². The second-order valence-electron chi connectivity index (χ2n) is 6.56. The maximum Gasteiger partial charge on any atom is 0.341 e. The molecule has 2 rings (SSSR count). The number of carboxylic acid groups (broad SMARTS) is 1. The van der Waals surface area contributed by atoms with Crippen molar-refractivity contribution in [1.82, 2.24) is 4.90 Å². The van der Waals surface area contributed by atoms with E-state index in [-0.39, 0.29) is 5.91 Å². The first-order valence-electron chi connectivity index (χ1n) is 9.68. The zero-order valence-corrected chi connectivity index (χ0v) is 18.9. The molecule has 160 valence electrons. The van der Waals surface area contributed by atoms with Gasteiger partial charge in [0.15, 0.2) is 18.1 Å². The highest BCUT2D eigenvalue weighted by Gasteiger charge is 2.13. The van der Waals surface area contributed by atoms with E-state index in [1.54, 1.807) is 23.1 Å². The van der Waals surface area contributed by atoms with Crippen molar-refractivity contribution in [2.75, 3.05) is 19.7 Å². The number of amides is 1. The van der Waals surface area contributed by atoms with Crippen LogP contribution in [0.15, 0.2) is 53.0 Å². The third-order valence-electron chi connectivity index (χ3n) is 4.51. The molecule has 0 fully saturated rings. The Kier molecular flexibility index (Phi) is 8.92. The summed E-state index contributed by atoms with van der Waals surface area (Å²) in [5.74, 6) is -0.412. The van der Waals surface area contributed by atoms with Crippen molar-refractivity contribution in [1.29, 1.82) is 0 Å². The average molecular weight is 476 g/mol. The van der Waals surface area contributed by atoms with Gasteiger partial charge in [0.1, 0.15) is 6.61 Å². The van der Waals surface area contributed by atoms with Crippen molar-refractivity contribution in [3.63, 3.8) is 0 Å². The number of benzene rings is 2. The number of ether oxygens (including phenoxy) is 2. The lowest BCUT2D eigenvalue weighted by Crippen LogP contribution is -2.28. The predicted molar refractivity (Wildman–Crippen MR) is 120 cm³/mol. The average Bonchev–Trinajstić information content (AvgIpc) is 2.72. The normalized spacial score (nSPS) is 11.1. The third-order valence-corrected chi connectivity index (χ3v) is 5.28. The smallest absolute Gasteiger partial charge is 0.341 e. The van der Waals surface area contributed by atoms with Crippen LogP contribution in [0.5, 0.6) is 11.5 Å². The third kappa shape index (κ3) is 6.62. The lowest BCUT2D eigenvalue weighted by atomic mass is 10.1. The molecule has 30 heavy (non-hydrogen) atoms. The Hall–Kier alpha value is -2.80. The van der Waals surface area contributed by atoms with Gasteiger partial charge in [-0.1, -0.05) is 40.2 Å². The summed E-state index contributed by atoms with van der Waals surface area (Å²) in [6, 6.07) is 12.9. The predicted octanol–water partition coefficient (Wildman–Crippen LogP) is 4.76. The van der Waals surface area contributed by atoms with Crippen LogP contribution in [0.1, 0.15) is 31.9 Å². The molecule has 2 aromatic rings. The van der Waals surface area contributed by atoms with Crippen LogP contribution < -0.4 is 9.47 Å². The second kappa shape index (κ2) is 11.4. The highest BCUT2D eigenvalue weighted by atomic mass is 79.9. The van der Waals surface area contributed by atoms with Gasteiger partial charge in [-0.2, -0.15) is 0 Å². The quantitative estimate of drug-likeness (QED) is 0.501. The number of carbonyl (C=O) groups is 2. The van der Waals surface area contributed by atoms with Crippen LogP contribution in [-0.4, -0.2) is 41.6 Å². The van der Waals surface area contributed by atoms with Gasteiger partial charge in [-0.3, -0.25) is 4.79 Å². The highest BCUT2D eigenvalue weighted by Crippen LogP contribution is 2.32. The second-order valence-corrected chi connectivity index (χ2v) is 7.42. The van der Waals surface area contributed by atoms with E-state index < -0.39 is 12.6 Å². The molecule has 0 aliphatic carbocycles. The molecule has 0 aromatic heterocycles. The number of likely N-dealkylation sites (N-methyl/N-ethyl adjacent to an activating group) is 1. The summed E-state index contributed by atoms with van der Waals surface area (Å²) in [4.78, 5) is 25.1. The zero-order valence-electron chi connectivity index (χ0n) is 17.4. The topological polar surface area (TPSA) is 76.1 Å². The molecule has 0 spiro atoms. The molecule has 0 saturated heterocycles. The molecule has 0 aliphatic heterocycles. The number of carboxylic acids is 1. The van der Waals surface area contributed by atoms with Gasteiger partial charge < -0.3 is 19.5 Å². The van der Waals surface area contributed by atoms with Crippen molar-refractivity contribution in [2.24, 2.45) is 0 Å². The van der Waals surface area contributed by atoms with Gasteiger partial charge in [0.25, 0.3) is 0 Å². The largest absolute Gasteiger partial charge is 0.485 e. The van der Waals surface area contributed by atoms with E-state index in [4.69, 9.17) is 14.6 Å². The number of hydrogen-bond acceptors (Lipinski definition) is 4. The van der Waals surface area contributed by atoms with E-state index in [2.05, 4.69) is 15.9 Å². The molecule has 0 heterocycles. The Morgan fingerprint density at radius 3 is 2.40 bits per heavy atom. The van der Waals surface area contributed by atoms with E-state index in [0.29, 0.717) is 31.2 Å². The van der Waals surface area contributed by atoms with Crippen molar-refractivity contribution in [3.05, 3.63) is 64.1 Å². The van der Waals surface area contributed by atoms with Crippen molar-refractivity contribution < 1.29 is 24.2 Å². The van der Waals surface area contributed by atoms with Gasteiger partial charge in [-0.05, 0) is 50.1 Å². The molecule has 0 unspecified atom stereocenters. The first-order chi connectivity index (χ1) is 14.3. The number of carbonyl (C=O) groups excluding carboxylic acids is 1. The lowest BCUT2D eigenvalue weighted by Gasteiger charge is -2.17. The van der Waals surface area contributed by atoms with Crippen LogP contribution in [0, 0.1) is 0 Å². The van der Waals surface area contributed by atoms with E-state index in [1.807, 2.05) is 51.1 Å². The van der Waals surface area contributed by atoms with Gasteiger partial charge in [-0.25, -0.2) is 4.79 Å². The molecular weight excluding hydrogens is 450 g/mol. The first kappa shape index (κ1) is 23.5. The fourth-order valence-electron chi connectivity index (χ4n) is 2.79. The van der Waals surface area contributed by atoms with Gasteiger partial charge in [0, 0.05) is 29.2 Å². The Balaban J connectivity index is 2.27. The summed E-state index contributed by atoms with van der Waals surface area (Å²) < 4.78 is 12.2. The summed E-state index contributed by atoms with van der Waals surface area (Å²) in [5, 5.41) is 8.99. The number of allylic oxidation sites excluding steroid dienone is 1. The molecular formula is C23H26BrNO5. The maximum absolute atomic E-state index is 12.4. The summed E-state index contributed by atoms with van der Waals surface area (Å²) in [6.07, 6.45) is 1.57. The molecule has 0 atom stereocenters. The Labute approximate surface area is 185 Å². The summed E-state index contributed by atoms with van der Waals surface area (Å²) in [7, 11) is 0. The van der Waals surface area contributed by atoms with Gasteiger partial charge >= 0.3 is 5.97 Å². The fourth-order valence-corrected chi connectivity index (χ4v) is 3.19. The molecule has 0 aliphatic rings. The maximum atomic E-state index is 12.4. The van der Waals surface area contributed by atoms with Crippen LogP contribution in [-0.2, 0) is 16.2 Å². The minimum Gasteiger partial charge on any atom is -0.485 e. The van der Waals surface area contributed by atoms with E-state index >= 15 is 0 Å². The van der Waals surface area contributed by atoms with Gasteiger partial charge in [-0.15, -0.1) is 0 Å². The van der Waals surface area contributed by atoms with E-state index in [1.165, 1.54) is 0 Å². The van der Waals surface area contributed by atoms with E-state index in [9.17, 15) is 9.59 Å². The molecule has 2 aromatic carbocycles. The Morgan fingerprint density at radius 1 is 1.07 bits per heavy atom. The highest BCUT2D eigenvalue weighted by molar-refractivity contribution is 9.10. The number of hydrogen-bond donors (Lipinski definition) is 1. The van der Waals surface area contributed by atoms with Crippen LogP contribution in [0.3, 0.4) is 0 Å². The van der Waals surface area contributed by atoms with Crippen LogP contribution in [0.2, 0.25) is 0 Å². The number of aliphatic carboxylic acids is 1. The Morgan fingerprint density at radius 2 is 1.77 bits per heavy atom. The monoisotopic (exact) mass is 475 g/mol. The zero-order chi connectivity index (χ0) is 22.1. The van der Waals surface area contributed by atoms with E-state index in [0.717, 1.165) is 21.2 Å². The summed E-state index contributed by atoms with van der Waals surface area (Å²) >= 11 is 3.48. The molecule has 0 radical (unpaired) electrons. The molecule has 6 nitrogen and oxygen atoms in total. The number of nitrogens with zero attached hydrogens (tertiary/aromatic N) is 1. The fraction of sp³-hybridized carbons (Fsp3) is 0.304. The summed E-state index contributed by atoms with van der Waals surface area (Å²) in [5.41, 5.74) is 2.46. The van der Waals surface area contributed by atoms with Crippen molar-refractivity contribution in [2.45, 2.75) is 27.4 Å². The van der Waals surface area contributed by atoms with Crippen LogP contribution >= 0.6 is 15.9 Å². The molecule has 7 heteroatoms. The minimum absolute atomic E-state index is 0.0697. The summed E-state index contributed by atoms with van der Waals surface area (Å²) in [6.45, 7) is 6.76. The lowest BCUT2D eigenvalue weighted by molar-refractivity contribution is -0.139. The Bertz CT molecular complexity index is 922. The SMILES string of the molecule is CCN(CC)C(=O)/C=C(\C)c1ccc(OCc2ccccc2Br)c(OCC(=O)O)c1. The minimum atomic E-state index is -1.08. The van der Waals surface area contributed by atoms with Gasteiger partial charge in [0.05, 0.1) is 0 Å². The number of rotatable bonds is 10. The van der Waals surface area contributed by atoms with Crippen molar-refractivity contribution >= 4 is 33.4 Å². The van der Waals surface area contributed by atoms with Crippen molar-refractivity contribution in [3.8, 4) is 11.5 Å². The first-order valence-corrected chi connectivity index (χ1v) is 10.5. The molecule has 1 amide bonds. The standard InChI is InChI=1S/C23H26BrNO5/c1-4-25(5-2)22(26)12-16(3)17-10-11-20(21(13-17)30-15-23(27)28)29-14-18-8-6-7-9-19(18)24/h6-13H,4-5,14-15H2,1-3H3,(H,27,28)/b16-12+. The number of halogens is 1. The van der Waals surface area contributed by atoms with Crippen LogP contribution in [0.25, 0.3) is 5.57 Å².